The smallest absolute Gasteiger partial charge is 0.329 e. The highest BCUT2D eigenvalue weighted by atomic mass is 16.4. The second-order valence-electron chi connectivity index (χ2n) is 6.54. The van der Waals surface area contributed by atoms with Crippen LogP contribution < -0.4 is 10.6 Å². The van der Waals surface area contributed by atoms with Crippen molar-refractivity contribution in [3.05, 3.63) is 0 Å². The molecule has 3 atom stereocenters. The van der Waals surface area contributed by atoms with Gasteiger partial charge in [0.2, 0.25) is 0 Å². The van der Waals surface area contributed by atoms with Crippen LogP contribution in [0.2, 0.25) is 0 Å². The first kappa shape index (κ1) is 16.1. The summed E-state index contributed by atoms with van der Waals surface area (Å²) in [6.07, 6.45) is 5.52. The fourth-order valence-corrected chi connectivity index (χ4v) is 3.55. The van der Waals surface area contributed by atoms with E-state index in [0.29, 0.717) is 18.9 Å². The van der Waals surface area contributed by atoms with Crippen LogP contribution in [0, 0.1) is 0 Å². The van der Waals surface area contributed by atoms with Crippen LogP contribution in [-0.4, -0.2) is 52.7 Å². The van der Waals surface area contributed by atoms with Gasteiger partial charge in [0.25, 0.3) is 0 Å². The molecule has 0 aliphatic carbocycles. The number of urea groups is 1. The minimum atomic E-state index is -1.19. The summed E-state index contributed by atoms with van der Waals surface area (Å²) in [5.74, 6) is -0.981. The Bertz CT molecular complexity index is 402. The standard InChI is InChI=1S/C15H27N3O3/c1-3-7-15(2,13(19)20)17-14(21)16-11-6-9-18-8-4-5-12(18)10-11/h11-12H,3-10H2,1-2H3,(H,19,20)(H2,16,17,21). The van der Waals surface area contributed by atoms with Crippen molar-refractivity contribution in [2.45, 2.75) is 70.0 Å². The van der Waals surface area contributed by atoms with Crippen molar-refractivity contribution in [1.29, 1.82) is 0 Å². The molecular formula is C15H27N3O3. The zero-order valence-electron chi connectivity index (χ0n) is 13.0. The van der Waals surface area contributed by atoms with Gasteiger partial charge in [-0.2, -0.15) is 0 Å². The van der Waals surface area contributed by atoms with E-state index in [1.807, 2.05) is 6.92 Å². The van der Waals surface area contributed by atoms with Gasteiger partial charge in [-0.05, 0) is 45.6 Å². The van der Waals surface area contributed by atoms with Crippen LogP contribution in [0.1, 0.15) is 52.4 Å². The maximum absolute atomic E-state index is 12.1. The second kappa shape index (κ2) is 6.64. The lowest BCUT2D eigenvalue weighted by Gasteiger charge is -2.35. The molecule has 0 aromatic carbocycles. The summed E-state index contributed by atoms with van der Waals surface area (Å²) in [6, 6.07) is 0.388. The molecule has 0 spiro atoms. The van der Waals surface area contributed by atoms with Crippen LogP contribution in [0.25, 0.3) is 0 Å². The van der Waals surface area contributed by atoms with Crippen molar-refractivity contribution in [3.63, 3.8) is 0 Å². The van der Waals surface area contributed by atoms with Crippen molar-refractivity contribution in [1.82, 2.24) is 15.5 Å². The molecule has 2 heterocycles. The lowest BCUT2D eigenvalue weighted by atomic mass is 9.96. The third-order valence-corrected chi connectivity index (χ3v) is 4.77. The summed E-state index contributed by atoms with van der Waals surface area (Å²) in [4.78, 5) is 25.9. The molecule has 0 aromatic rings. The van der Waals surface area contributed by atoms with Gasteiger partial charge in [-0.1, -0.05) is 13.3 Å². The highest BCUT2D eigenvalue weighted by Crippen LogP contribution is 2.26. The van der Waals surface area contributed by atoms with E-state index in [4.69, 9.17) is 0 Å². The molecule has 0 bridgehead atoms. The van der Waals surface area contributed by atoms with Crippen molar-refractivity contribution < 1.29 is 14.7 Å². The molecule has 0 saturated carbocycles. The van der Waals surface area contributed by atoms with Gasteiger partial charge in [0, 0.05) is 18.6 Å². The minimum Gasteiger partial charge on any atom is -0.480 e. The van der Waals surface area contributed by atoms with E-state index in [-0.39, 0.29) is 12.1 Å². The van der Waals surface area contributed by atoms with Crippen molar-refractivity contribution >= 4 is 12.0 Å². The van der Waals surface area contributed by atoms with Crippen LogP contribution in [0.15, 0.2) is 0 Å². The van der Waals surface area contributed by atoms with E-state index >= 15 is 0 Å². The first-order chi connectivity index (χ1) is 9.94. The Morgan fingerprint density at radius 3 is 2.76 bits per heavy atom. The van der Waals surface area contributed by atoms with Gasteiger partial charge in [-0.25, -0.2) is 9.59 Å². The number of hydrogen-bond donors (Lipinski definition) is 3. The molecule has 3 N–H and O–H groups in total. The highest BCUT2D eigenvalue weighted by molar-refractivity contribution is 5.85. The molecule has 0 aromatic heterocycles. The number of carboxylic acids is 1. The number of carboxylic acid groups (broad SMARTS) is 1. The van der Waals surface area contributed by atoms with Gasteiger partial charge < -0.3 is 20.6 Å². The van der Waals surface area contributed by atoms with Crippen LogP contribution in [0.5, 0.6) is 0 Å². The third kappa shape index (κ3) is 3.87. The molecule has 2 fully saturated rings. The molecule has 2 aliphatic rings. The first-order valence-corrected chi connectivity index (χ1v) is 8.00. The van der Waals surface area contributed by atoms with Crippen LogP contribution in [0.3, 0.4) is 0 Å². The quantitative estimate of drug-likeness (QED) is 0.719. The lowest BCUT2D eigenvalue weighted by Crippen LogP contribution is -2.58. The van der Waals surface area contributed by atoms with E-state index < -0.39 is 11.5 Å². The van der Waals surface area contributed by atoms with Crippen LogP contribution >= 0.6 is 0 Å². The monoisotopic (exact) mass is 297 g/mol. The van der Waals surface area contributed by atoms with Gasteiger partial charge in [0.05, 0.1) is 0 Å². The van der Waals surface area contributed by atoms with Gasteiger partial charge in [-0.3, -0.25) is 0 Å². The largest absolute Gasteiger partial charge is 0.480 e. The number of rotatable bonds is 5. The SMILES string of the molecule is CCCC(C)(NC(=O)NC1CCN2CCCC2C1)C(=O)O. The Hall–Kier alpha value is -1.30. The molecular weight excluding hydrogens is 270 g/mol. The van der Waals surface area contributed by atoms with Gasteiger partial charge >= 0.3 is 12.0 Å². The zero-order valence-corrected chi connectivity index (χ0v) is 13.0. The molecule has 120 valence electrons. The highest BCUT2D eigenvalue weighted by Gasteiger charge is 2.36. The summed E-state index contributed by atoms with van der Waals surface area (Å²) < 4.78 is 0. The summed E-state index contributed by atoms with van der Waals surface area (Å²) in [5.41, 5.74) is -1.19. The maximum Gasteiger partial charge on any atom is 0.329 e. The molecule has 21 heavy (non-hydrogen) atoms. The number of aliphatic carboxylic acids is 1. The second-order valence-corrected chi connectivity index (χ2v) is 6.54. The Kier molecular flexibility index (Phi) is 5.08. The van der Waals surface area contributed by atoms with Crippen molar-refractivity contribution in [2.24, 2.45) is 0 Å². The molecule has 2 saturated heterocycles. The van der Waals surface area contributed by atoms with E-state index in [1.165, 1.54) is 19.4 Å². The summed E-state index contributed by atoms with van der Waals surface area (Å²) in [6.45, 7) is 5.69. The number of carbonyl (C=O) groups excluding carboxylic acids is 1. The van der Waals surface area contributed by atoms with Crippen molar-refractivity contribution in [2.75, 3.05) is 13.1 Å². The Balaban J connectivity index is 1.85. The summed E-state index contributed by atoms with van der Waals surface area (Å²) in [5, 5.41) is 14.9. The number of piperidine rings is 1. The summed E-state index contributed by atoms with van der Waals surface area (Å²) in [7, 11) is 0. The van der Waals surface area contributed by atoms with E-state index in [2.05, 4.69) is 15.5 Å². The van der Waals surface area contributed by atoms with Crippen LogP contribution in [-0.2, 0) is 4.79 Å². The molecule has 0 radical (unpaired) electrons. The minimum absolute atomic E-state index is 0.157. The molecule has 2 amide bonds. The fourth-order valence-electron chi connectivity index (χ4n) is 3.55. The zero-order chi connectivity index (χ0) is 15.5. The fraction of sp³-hybridized carbons (Fsp3) is 0.867. The number of nitrogens with zero attached hydrogens (tertiary/aromatic N) is 1. The van der Waals surface area contributed by atoms with E-state index in [1.54, 1.807) is 6.92 Å². The number of hydrogen-bond acceptors (Lipinski definition) is 3. The predicted molar refractivity (Wildman–Crippen MR) is 80.2 cm³/mol. The van der Waals surface area contributed by atoms with E-state index in [9.17, 15) is 14.7 Å². The van der Waals surface area contributed by atoms with Crippen molar-refractivity contribution in [3.8, 4) is 0 Å². The lowest BCUT2D eigenvalue weighted by molar-refractivity contribution is -0.144. The number of fused-ring (bicyclic) bond motifs is 1. The Morgan fingerprint density at radius 2 is 2.10 bits per heavy atom. The molecule has 6 nitrogen and oxygen atoms in total. The number of nitrogens with one attached hydrogen (secondary N) is 2. The number of carbonyl (C=O) groups is 2. The average Bonchev–Trinajstić information content (AvgIpc) is 2.85. The van der Waals surface area contributed by atoms with Crippen LogP contribution in [0.4, 0.5) is 4.79 Å². The normalized spacial score (nSPS) is 28.5. The molecule has 3 unspecified atom stereocenters. The molecule has 6 heteroatoms. The Morgan fingerprint density at radius 1 is 1.33 bits per heavy atom. The average molecular weight is 297 g/mol. The van der Waals surface area contributed by atoms with Gasteiger partial charge in [0.15, 0.2) is 0 Å². The molecule has 2 aliphatic heterocycles. The summed E-state index contributed by atoms with van der Waals surface area (Å²) >= 11 is 0. The third-order valence-electron chi connectivity index (χ3n) is 4.77. The molecule has 2 rings (SSSR count). The Labute approximate surface area is 126 Å². The van der Waals surface area contributed by atoms with E-state index in [0.717, 1.165) is 19.4 Å². The number of amides is 2. The first-order valence-electron chi connectivity index (χ1n) is 8.00. The predicted octanol–water partition coefficient (Wildman–Crippen LogP) is 1.56. The topological polar surface area (TPSA) is 81.7 Å². The van der Waals surface area contributed by atoms with Gasteiger partial charge in [-0.15, -0.1) is 0 Å². The maximum atomic E-state index is 12.1. The van der Waals surface area contributed by atoms with Gasteiger partial charge in [0.1, 0.15) is 5.54 Å².